The van der Waals surface area contributed by atoms with Crippen LogP contribution in [0.2, 0.25) is 0 Å². The lowest BCUT2D eigenvalue weighted by atomic mass is 9.84. The lowest BCUT2D eigenvalue weighted by molar-refractivity contribution is -0.133. The van der Waals surface area contributed by atoms with Gasteiger partial charge >= 0.3 is 0 Å². The molecule has 170 valence electrons. The molecular weight excluding hydrogens is 437 g/mol. The Kier molecular flexibility index (Phi) is 4.44. The van der Waals surface area contributed by atoms with Crippen molar-refractivity contribution in [3.8, 4) is 11.5 Å². The molecule has 9 nitrogen and oxygen atoms in total. The second-order valence-electron chi connectivity index (χ2n) is 8.78. The third-order valence-electron chi connectivity index (χ3n) is 6.37. The second kappa shape index (κ2) is 7.41. The number of benzene rings is 1. The van der Waals surface area contributed by atoms with Crippen molar-refractivity contribution in [2.24, 2.45) is 0 Å². The summed E-state index contributed by atoms with van der Waals surface area (Å²) in [7, 11) is 0. The zero-order chi connectivity index (χ0) is 23.4. The van der Waals surface area contributed by atoms with Crippen LogP contribution in [0.4, 0.5) is 10.2 Å². The number of nitrogens with zero attached hydrogens (tertiary/aromatic N) is 5. The van der Waals surface area contributed by atoms with Crippen LogP contribution >= 0.6 is 0 Å². The van der Waals surface area contributed by atoms with Gasteiger partial charge in [-0.2, -0.15) is 0 Å². The first-order valence-electron chi connectivity index (χ1n) is 11.0. The first-order chi connectivity index (χ1) is 16.4. The van der Waals surface area contributed by atoms with Crippen molar-refractivity contribution >= 4 is 23.3 Å². The Balaban J connectivity index is 1.39. The van der Waals surface area contributed by atoms with E-state index in [0.717, 1.165) is 12.8 Å². The number of anilines is 1. The van der Waals surface area contributed by atoms with Crippen LogP contribution < -0.4 is 10.6 Å². The fourth-order valence-corrected chi connectivity index (χ4v) is 4.15. The van der Waals surface area contributed by atoms with Gasteiger partial charge in [-0.15, -0.1) is 0 Å². The number of hydrogen-bond donors (Lipinski definition) is 2. The highest BCUT2D eigenvalue weighted by atomic mass is 19.1. The molecule has 1 unspecified atom stereocenters. The Hall–Kier alpha value is -4.21. The van der Waals surface area contributed by atoms with E-state index in [1.165, 1.54) is 12.3 Å². The van der Waals surface area contributed by atoms with E-state index in [0.29, 0.717) is 28.2 Å². The van der Waals surface area contributed by atoms with Crippen LogP contribution in [0.1, 0.15) is 36.6 Å². The fraction of sp³-hybridized carbons (Fsp3) is 0.250. The minimum Gasteiger partial charge on any atom is -0.352 e. The molecule has 1 saturated carbocycles. The van der Waals surface area contributed by atoms with Gasteiger partial charge in [0, 0.05) is 42.8 Å². The topological polar surface area (TPSA) is 114 Å². The Morgan fingerprint density at radius 3 is 2.88 bits per heavy atom. The third-order valence-corrected chi connectivity index (χ3v) is 6.37. The van der Waals surface area contributed by atoms with Crippen molar-refractivity contribution < 1.29 is 14.0 Å². The van der Waals surface area contributed by atoms with Gasteiger partial charge in [0.15, 0.2) is 16.9 Å². The largest absolute Gasteiger partial charge is 0.352 e. The molecule has 1 atom stereocenters. The molecule has 4 heterocycles. The van der Waals surface area contributed by atoms with Gasteiger partial charge in [-0.1, -0.05) is 18.2 Å². The van der Waals surface area contributed by atoms with Gasteiger partial charge in [0.1, 0.15) is 17.3 Å². The van der Waals surface area contributed by atoms with E-state index in [-0.39, 0.29) is 35.8 Å². The van der Waals surface area contributed by atoms with Crippen molar-refractivity contribution in [3.63, 3.8) is 0 Å². The first kappa shape index (κ1) is 20.4. The molecule has 0 saturated heterocycles. The Morgan fingerprint density at radius 2 is 2.09 bits per heavy atom. The van der Waals surface area contributed by atoms with Gasteiger partial charge in [-0.3, -0.25) is 9.59 Å². The maximum absolute atomic E-state index is 14.3. The van der Waals surface area contributed by atoms with Gasteiger partial charge in [0.2, 0.25) is 11.8 Å². The minimum atomic E-state index is -1.39. The standard InChI is InChI=1S/C24H20FN7O2/c1-24(22(33)28-14-6-7-14)15-11-27-20(30-19(15)31-23(24)34)18-12-32-9-8-26-21(32)17(29-18)10-13-4-2-3-5-16(13)25/h2-5,8-9,11-12,14H,6-7,10H2,1H3,(H,28,33)(H,27,30,31,34). The number of aromatic nitrogens is 5. The number of amides is 2. The van der Waals surface area contributed by atoms with Gasteiger partial charge in [0.25, 0.3) is 0 Å². The van der Waals surface area contributed by atoms with Gasteiger partial charge < -0.3 is 15.0 Å². The van der Waals surface area contributed by atoms with Crippen LogP contribution in [0.15, 0.2) is 49.1 Å². The SMILES string of the molecule is CC1(C(=O)NC2CC2)C(=O)Nc2nc(-c3cn4ccnc4c(Cc4ccccc4F)n3)ncc21. The maximum atomic E-state index is 14.3. The predicted molar refractivity (Wildman–Crippen MR) is 120 cm³/mol. The number of halogens is 1. The number of rotatable bonds is 5. The molecule has 6 rings (SSSR count). The van der Waals surface area contributed by atoms with E-state index < -0.39 is 11.3 Å². The quantitative estimate of drug-likeness (QED) is 0.445. The van der Waals surface area contributed by atoms with Crippen LogP contribution in [-0.2, 0) is 21.4 Å². The molecule has 0 bridgehead atoms. The average Bonchev–Trinajstić information content (AvgIpc) is 3.44. The van der Waals surface area contributed by atoms with Gasteiger partial charge in [-0.05, 0) is 31.4 Å². The highest BCUT2D eigenvalue weighted by Crippen LogP contribution is 2.38. The summed E-state index contributed by atoms with van der Waals surface area (Å²) < 4.78 is 16.1. The highest BCUT2D eigenvalue weighted by molar-refractivity contribution is 6.19. The van der Waals surface area contributed by atoms with Crippen molar-refractivity contribution in [2.75, 3.05) is 5.32 Å². The molecule has 2 amide bonds. The van der Waals surface area contributed by atoms with Crippen LogP contribution in [0.25, 0.3) is 17.2 Å². The molecule has 2 aliphatic rings. The number of carbonyl (C=O) groups is 2. The highest BCUT2D eigenvalue weighted by Gasteiger charge is 2.51. The van der Waals surface area contributed by atoms with Crippen LogP contribution in [0.3, 0.4) is 0 Å². The van der Waals surface area contributed by atoms with E-state index in [2.05, 4.69) is 30.6 Å². The molecule has 0 spiro atoms. The summed E-state index contributed by atoms with van der Waals surface area (Å²) in [4.78, 5) is 43.6. The molecule has 3 aromatic heterocycles. The second-order valence-corrected chi connectivity index (χ2v) is 8.78. The smallest absolute Gasteiger partial charge is 0.245 e. The van der Waals surface area contributed by atoms with Crippen LogP contribution in [0.5, 0.6) is 0 Å². The van der Waals surface area contributed by atoms with Gasteiger partial charge in [-0.25, -0.2) is 24.3 Å². The molecule has 1 aromatic carbocycles. The predicted octanol–water partition coefficient (Wildman–Crippen LogP) is 2.40. The summed E-state index contributed by atoms with van der Waals surface area (Å²) in [5.74, 6) is -0.555. The van der Waals surface area contributed by atoms with Crippen molar-refractivity contribution in [1.29, 1.82) is 0 Å². The fourth-order valence-electron chi connectivity index (χ4n) is 4.15. The van der Waals surface area contributed by atoms with Gasteiger partial charge in [0.05, 0.1) is 5.69 Å². The lowest BCUT2D eigenvalue weighted by Gasteiger charge is -2.20. The third kappa shape index (κ3) is 3.21. The first-order valence-corrected chi connectivity index (χ1v) is 11.0. The zero-order valence-electron chi connectivity index (χ0n) is 18.2. The molecule has 1 fully saturated rings. The number of nitrogens with one attached hydrogen (secondary N) is 2. The number of fused-ring (bicyclic) bond motifs is 2. The van der Waals surface area contributed by atoms with Crippen LogP contribution in [0, 0.1) is 5.82 Å². The van der Waals surface area contributed by atoms with E-state index in [9.17, 15) is 14.0 Å². The zero-order valence-corrected chi connectivity index (χ0v) is 18.2. The molecular formula is C24H20FN7O2. The summed E-state index contributed by atoms with van der Waals surface area (Å²) in [6.07, 6.45) is 8.71. The summed E-state index contributed by atoms with van der Waals surface area (Å²) in [6.45, 7) is 1.58. The average molecular weight is 457 g/mol. The summed E-state index contributed by atoms with van der Waals surface area (Å²) in [5.41, 5.74) is 1.13. The molecule has 4 aromatic rings. The van der Waals surface area contributed by atoms with Crippen molar-refractivity contribution in [1.82, 2.24) is 29.7 Å². The monoisotopic (exact) mass is 457 g/mol. The molecule has 0 radical (unpaired) electrons. The van der Waals surface area contributed by atoms with E-state index in [4.69, 9.17) is 0 Å². The number of carbonyl (C=O) groups excluding carboxylic acids is 2. The number of imidazole rings is 1. The van der Waals surface area contributed by atoms with E-state index in [1.807, 2.05) is 0 Å². The minimum absolute atomic E-state index is 0.125. The number of hydrogen-bond acceptors (Lipinski definition) is 6. The molecule has 2 N–H and O–H groups in total. The molecule has 1 aliphatic carbocycles. The Bertz CT molecular complexity index is 1480. The van der Waals surface area contributed by atoms with E-state index >= 15 is 0 Å². The molecule has 34 heavy (non-hydrogen) atoms. The molecule has 1 aliphatic heterocycles. The normalized spacial score (nSPS) is 19.2. The Labute approximate surface area is 193 Å². The van der Waals surface area contributed by atoms with E-state index in [1.54, 1.807) is 48.1 Å². The molecule has 10 heteroatoms. The van der Waals surface area contributed by atoms with Crippen molar-refractivity contribution in [2.45, 2.75) is 37.6 Å². The van der Waals surface area contributed by atoms with Crippen molar-refractivity contribution in [3.05, 3.63) is 71.7 Å². The summed E-state index contributed by atoms with van der Waals surface area (Å²) in [6, 6.07) is 6.65. The Morgan fingerprint density at radius 1 is 1.26 bits per heavy atom. The maximum Gasteiger partial charge on any atom is 0.245 e. The summed E-state index contributed by atoms with van der Waals surface area (Å²) >= 11 is 0. The van der Waals surface area contributed by atoms with Crippen LogP contribution in [-0.4, -0.2) is 42.2 Å². The summed E-state index contributed by atoms with van der Waals surface area (Å²) in [5, 5.41) is 5.62. The lowest BCUT2D eigenvalue weighted by Crippen LogP contribution is -2.47.